The maximum absolute atomic E-state index is 12.5. The van der Waals surface area contributed by atoms with Crippen molar-refractivity contribution in [3.63, 3.8) is 0 Å². The second-order valence-electron chi connectivity index (χ2n) is 5.88. The summed E-state index contributed by atoms with van der Waals surface area (Å²) in [5.74, 6) is -0.383. The molecule has 0 saturated carbocycles. The van der Waals surface area contributed by atoms with Crippen molar-refractivity contribution in [2.75, 3.05) is 5.32 Å². The monoisotopic (exact) mass is 418 g/mol. The third kappa shape index (κ3) is 4.46. The molecule has 144 valence electrons. The molecule has 0 saturated heterocycles. The van der Waals surface area contributed by atoms with Gasteiger partial charge in [0.15, 0.2) is 0 Å². The first kappa shape index (κ1) is 19.8. The number of aryl methyl sites for hydroxylation is 1. The van der Waals surface area contributed by atoms with Gasteiger partial charge in [-0.15, -0.1) is 5.10 Å². The van der Waals surface area contributed by atoms with Crippen LogP contribution in [0.4, 0.5) is 11.4 Å². The highest BCUT2D eigenvalue weighted by atomic mass is 35.5. The number of rotatable bonds is 6. The number of thioether (sulfide) groups is 1. The van der Waals surface area contributed by atoms with Gasteiger partial charge in [0.2, 0.25) is 11.1 Å². The van der Waals surface area contributed by atoms with E-state index in [-0.39, 0.29) is 22.3 Å². The molecule has 2 aromatic carbocycles. The molecular formula is C17H15ClN6O3S. The number of carbonyl (C=O) groups excluding carboxylic acids is 1. The SMILES string of the molecule is Cc1cccc(-n2nnnc2SC(C)C(=O)Nc2cc([N+](=O)[O-])ccc2Cl)c1. The van der Waals surface area contributed by atoms with Gasteiger partial charge in [-0.1, -0.05) is 35.5 Å². The summed E-state index contributed by atoms with van der Waals surface area (Å²) in [6, 6.07) is 11.5. The van der Waals surface area contributed by atoms with Crippen molar-refractivity contribution in [1.29, 1.82) is 0 Å². The molecule has 0 aliphatic rings. The number of carbonyl (C=O) groups is 1. The number of hydrogen-bond acceptors (Lipinski definition) is 7. The van der Waals surface area contributed by atoms with Gasteiger partial charge in [-0.05, 0) is 48.0 Å². The highest BCUT2D eigenvalue weighted by molar-refractivity contribution is 8.00. The summed E-state index contributed by atoms with van der Waals surface area (Å²) in [5.41, 5.74) is 1.84. The van der Waals surface area contributed by atoms with E-state index < -0.39 is 10.2 Å². The highest BCUT2D eigenvalue weighted by Crippen LogP contribution is 2.29. The molecule has 1 amide bonds. The van der Waals surface area contributed by atoms with E-state index in [9.17, 15) is 14.9 Å². The number of nitro benzene ring substituents is 1. The molecule has 0 fully saturated rings. The minimum atomic E-state index is -0.579. The van der Waals surface area contributed by atoms with Gasteiger partial charge in [0.25, 0.3) is 5.69 Å². The Morgan fingerprint density at radius 2 is 2.11 bits per heavy atom. The van der Waals surface area contributed by atoms with E-state index in [0.29, 0.717) is 5.16 Å². The van der Waals surface area contributed by atoms with Crippen LogP contribution in [0.25, 0.3) is 5.69 Å². The molecule has 1 aromatic heterocycles. The quantitative estimate of drug-likeness (QED) is 0.369. The number of benzene rings is 2. The summed E-state index contributed by atoms with van der Waals surface area (Å²) in [6.07, 6.45) is 0. The van der Waals surface area contributed by atoms with Crippen LogP contribution in [0.1, 0.15) is 12.5 Å². The molecule has 3 aromatic rings. The van der Waals surface area contributed by atoms with Crippen molar-refractivity contribution < 1.29 is 9.72 Å². The van der Waals surface area contributed by atoms with E-state index in [1.807, 2.05) is 31.2 Å². The van der Waals surface area contributed by atoms with Crippen LogP contribution in [0.15, 0.2) is 47.6 Å². The molecule has 0 radical (unpaired) electrons. The number of anilines is 1. The molecule has 1 atom stereocenters. The maximum Gasteiger partial charge on any atom is 0.271 e. The number of aromatic nitrogens is 4. The summed E-state index contributed by atoms with van der Waals surface area (Å²) in [4.78, 5) is 22.9. The number of nitrogens with zero attached hydrogens (tertiary/aromatic N) is 5. The fourth-order valence-corrected chi connectivity index (χ4v) is 3.32. The summed E-state index contributed by atoms with van der Waals surface area (Å²) in [5, 5.41) is 25.2. The zero-order valence-corrected chi connectivity index (χ0v) is 16.4. The molecule has 11 heteroatoms. The second-order valence-corrected chi connectivity index (χ2v) is 7.60. The zero-order chi connectivity index (χ0) is 20.3. The first-order valence-corrected chi connectivity index (χ1v) is 9.38. The Hall–Kier alpha value is -2.98. The number of tetrazole rings is 1. The van der Waals surface area contributed by atoms with E-state index >= 15 is 0 Å². The minimum Gasteiger partial charge on any atom is -0.324 e. The van der Waals surface area contributed by atoms with Crippen molar-refractivity contribution in [2.45, 2.75) is 24.3 Å². The molecular weight excluding hydrogens is 404 g/mol. The Morgan fingerprint density at radius 1 is 1.32 bits per heavy atom. The van der Waals surface area contributed by atoms with Crippen LogP contribution in [0.2, 0.25) is 5.02 Å². The summed E-state index contributed by atoms with van der Waals surface area (Å²) in [6.45, 7) is 3.64. The van der Waals surface area contributed by atoms with E-state index in [4.69, 9.17) is 11.6 Å². The molecule has 0 aliphatic heterocycles. The van der Waals surface area contributed by atoms with Crippen molar-refractivity contribution in [1.82, 2.24) is 20.2 Å². The summed E-state index contributed by atoms with van der Waals surface area (Å²) >= 11 is 7.19. The van der Waals surface area contributed by atoms with Crippen LogP contribution in [-0.4, -0.2) is 36.3 Å². The number of nitro groups is 1. The molecule has 0 aliphatic carbocycles. The molecule has 1 heterocycles. The lowest BCUT2D eigenvalue weighted by atomic mass is 10.2. The fraction of sp³-hybridized carbons (Fsp3) is 0.176. The largest absolute Gasteiger partial charge is 0.324 e. The summed E-state index contributed by atoms with van der Waals surface area (Å²) in [7, 11) is 0. The lowest BCUT2D eigenvalue weighted by Crippen LogP contribution is -2.23. The molecule has 28 heavy (non-hydrogen) atoms. The standard InChI is InChI=1S/C17H15ClN6O3S/c1-10-4-3-5-12(8-10)23-17(20-21-22-23)28-11(2)16(25)19-15-9-13(24(26)27)6-7-14(15)18/h3-9,11H,1-2H3,(H,19,25). The average molecular weight is 419 g/mol. The third-order valence-electron chi connectivity index (χ3n) is 3.76. The fourth-order valence-electron chi connectivity index (χ4n) is 2.34. The molecule has 1 unspecified atom stereocenters. The molecule has 1 N–H and O–H groups in total. The molecule has 0 spiro atoms. The Labute approximate surface area is 169 Å². The second kappa shape index (κ2) is 8.36. The van der Waals surface area contributed by atoms with Crippen LogP contribution in [-0.2, 0) is 4.79 Å². The zero-order valence-electron chi connectivity index (χ0n) is 14.9. The normalized spacial score (nSPS) is 11.8. The van der Waals surface area contributed by atoms with Gasteiger partial charge >= 0.3 is 0 Å². The number of amides is 1. The first-order valence-electron chi connectivity index (χ1n) is 8.12. The van der Waals surface area contributed by atoms with E-state index in [0.717, 1.165) is 23.0 Å². The molecule has 9 nitrogen and oxygen atoms in total. The average Bonchev–Trinajstić information content (AvgIpc) is 3.11. The smallest absolute Gasteiger partial charge is 0.271 e. The van der Waals surface area contributed by atoms with Crippen molar-refractivity contribution >= 4 is 40.6 Å². The molecule has 3 rings (SSSR count). The lowest BCUT2D eigenvalue weighted by molar-refractivity contribution is -0.384. The van der Waals surface area contributed by atoms with Gasteiger partial charge in [-0.3, -0.25) is 14.9 Å². The van der Waals surface area contributed by atoms with Crippen molar-refractivity contribution in [3.8, 4) is 5.69 Å². The van der Waals surface area contributed by atoms with Gasteiger partial charge in [-0.2, -0.15) is 4.68 Å². The lowest BCUT2D eigenvalue weighted by Gasteiger charge is -2.12. The van der Waals surface area contributed by atoms with E-state index in [1.54, 1.807) is 11.6 Å². The number of halogens is 1. The van der Waals surface area contributed by atoms with Gasteiger partial charge in [0.05, 0.1) is 26.6 Å². The Bertz CT molecular complexity index is 1040. The van der Waals surface area contributed by atoms with E-state index in [2.05, 4.69) is 20.8 Å². The van der Waals surface area contributed by atoms with Gasteiger partial charge in [-0.25, -0.2) is 0 Å². The van der Waals surface area contributed by atoms with Crippen molar-refractivity contribution in [2.24, 2.45) is 0 Å². The number of hydrogen-bond donors (Lipinski definition) is 1. The van der Waals surface area contributed by atoms with Crippen LogP contribution in [0, 0.1) is 17.0 Å². The predicted molar refractivity (Wildman–Crippen MR) is 106 cm³/mol. The Balaban J connectivity index is 1.75. The van der Waals surface area contributed by atoms with E-state index in [1.165, 1.54) is 18.2 Å². The van der Waals surface area contributed by atoms with Gasteiger partial charge < -0.3 is 5.32 Å². The molecule has 0 bridgehead atoms. The van der Waals surface area contributed by atoms with Crippen molar-refractivity contribution in [3.05, 3.63) is 63.2 Å². The minimum absolute atomic E-state index is 0.164. The Kier molecular flexibility index (Phi) is 5.90. The van der Waals surface area contributed by atoms with Crippen LogP contribution >= 0.6 is 23.4 Å². The van der Waals surface area contributed by atoms with Gasteiger partial charge in [0.1, 0.15) is 0 Å². The van der Waals surface area contributed by atoms with Crippen LogP contribution < -0.4 is 5.32 Å². The topological polar surface area (TPSA) is 116 Å². The highest BCUT2D eigenvalue weighted by Gasteiger charge is 2.21. The Morgan fingerprint density at radius 3 is 2.82 bits per heavy atom. The van der Waals surface area contributed by atoms with Gasteiger partial charge in [0, 0.05) is 12.1 Å². The maximum atomic E-state index is 12.5. The predicted octanol–water partition coefficient (Wildman–Crippen LogP) is 3.65. The number of nitrogens with one attached hydrogen (secondary N) is 1. The summed E-state index contributed by atoms with van der Waals surface area (Å²) < 4.78 is 1.54. The third-order valence-corrected chi connectivity index (χ3v) is 5.12. The van der Waals surface area contributed by atoms with Crippen LogP contribution in [0.5, 0.6) is 0 Å². The first-order chi connectivity index (χ1) is 13.3. The number of non-ortho nitro benzene ring substituents is 1. The van der Waals surface area contributed by atoms with Crippen LogP contribution in [0.3, 0.4) is 0 Å².